The molecule has 7 nitrogen and oxygen atoms in total. The average Bonchev–Trinajstić information content (AvgIpc) is 3.15. The minimum Gasteiger partial charge on any atom is -0.356 e. The number of benzene rings is 1. The molecule has 1 aromatic carbocycles. The van der Waals surface area contributed by atoms with Gasteiger partial charge >= 0.3 is 0 Å². The molecule has 7 heteroatoms. The van der Waals surface area contributed by atoms with Crippen LogP contribution in [0.2, 0.25) is 0 Å². The Bertz CT molecular complexity index is 1040. The van der Waals surface area contributed by atoms with Crippen LogP contribution in [0.25, 0.3) is 11.1 Å². The van der Waals surface area contributed by atoms with Crippen LogP contribution in [0.15, 0.2) is 35.1 Å². The van der Waals surface area contributed by atoms with Gasteiger partial charge in [-0.1, -0.05) is 29.4 Å². The van der Waals surface area contributed by atoms with Gasteiger partial charge in [-0.05, 0) is 50.2 Å². The zero-order valence-electron chi connectivity index (χ0n) is 16.6. The van der Waals surface area contributed by atoms with Gasteiger partial charge in [0.25, 0.3) is 5.71 Å². The van der Waals surface area contributed by atoms with E-state index in [9.17, 15) is 4.79 Å². The number of rotatable bonds is 3. The fraction of sp³-hybridized carbons (Fsp3) is 0.455. The molecule has 0 radical (unpaired) electrons. The third-order valence-corrected chi connectivity index (χ3v) is 6.27. The molecule has 1 atom stereocenters. The van der Waals surface area contributed by atoms with Gasteiger partial charge < -0.3 is 14.7 Å². The second-order valence-electron chi connectivity index (χ2n) is 8.06. The highest BCUT2D eigenvalue weighted by Crippen LogP contribution is 2.32. The molecule has 1 aliphatic carbocycles. The fourth-order valence-electron chi connectivity index (χ4n) is 4.69. The molecule has 0 spiro atoms. The molecule has 0 saturated carbocycles. The van der Waals surface area contributed by atoms with Crippen molar-refractivity contribution in [1.29, 1.82) is 0 Å². The van der Waals surface area contributed by atoms with E-state index in [1.165, 1.54) is 17.5 Å². The van der Waals surface area contributed by atoms with Crippen molar-refractivity contribution in [2.75, 3.05) is 18.0 Å². The second kappa shape index (κ2) is 7.46. The van der Waals surface area contributed by atoms with Crippen molar-refractivity contribution < 1.29 is 9.32 Å². The van der Waals surface area contributed by atoms with E-state index in [0.717, 1.165) is 62.1 Å². The molecular formula is C22H25N5O2. The van der Waals surface area contributed by atoms with Crippen LogP contribution in [0.4, 0.5) is 5.82 Å². The van der Waals surface area contributed by atoms with E-state index in [0.29, 0.717) is 5.71 Å². The van der Waals surface area contributed by atoms with E-state index in [-0.39, 0.29) is 17.9 Å². The van der Waals surface area contributed by atoms with Crippen LogP contribution in [0.1, 0.15) is 48.5 Å². The number of carbonyl (C=O) groups is 1. The number of aromatic nitrogens is 3. The quantitative estimate of drug-likeness (QED) is 0.737. The largest absolute Gasteiger partial charge is 0.356 e. The molecule has 1 amide bonds. The zero-order valence-corrected chi connectivity index (χ0v) is 16.6. The Morgan fingerprint density at radius 2 is 2.00 bits per heavy atom. The van der Waals surface area contributed by atoms with Crippen molar-refractivity contribution >= 4 is 22.8 Å². The lowest BCUT2D eigenvalue weighted by atomic mass is 9.87. The number of hydrogen-bond acceptors (Lipinski definition) is 6. The molecule has 2 aromatic heterocycles. The minimum atomic E-state index is 0.0428. The predicted molar refractivity (Wildman–Crippen MR) is 110 cm³/mol. The highest BCUT2D eigenvalue weighted by molar-refractivity contribution is 5.88. The summed E-state index contributed by atoms with van der Waals surface area (Å²) >= 11 is 0. The molecular weight excluding hydrogens is 366 g/mol. The Morgan fingerprint density at radius 1 is 1.17 bits per heavy atom. The van der Waals surface area contributed by atoms with Gasteiger partial charge in [-0.2, -0.15) is 4.98 Å². The maximum atomic E-state index is 13.0. The van der Waals surface area contributed by atoms with Gasteiger partial charge in [-0.15, -0.1) is 0 Å². The minimum absolute atomic E-state index is 0.0428. The molecule has 29 heavy (non-hydrogen) atoms. The van der Waals surface area contributed by atoms with Gasteiger partial charge in [0.1, 0.15) is 17.5 Å². The van der Waals surface area contributed by atoms with Gasteiger partial charge in [0.2, 0.25) is 5.91 Å². The summed E-state index contributed by atoms with van der Waals surface area (Å²) in [4.78, 5) is 23.8. The van der Waals surface area contributed by atoms with E-state index in [4.69, 9.17) is 4.52 Å². The lowest BCUT2D eigenvalue weighted by molar-refractivity contribution is -0.126. The lowest BCUT2D eigenvalue weighted by Gasteiger charge is -2.34. The number of anilines is 1. The standard InChI is InChI=1S/C22H25N5O2/c1-14-19-20(23-13-24-22(19)29-26-14)27-11-9-16(10-12-27)21(28)25-18-8-4-6-15-5-2-3-7-17(15)18/h2-3,5,7,13,16,18H,4,6,8-12H2,1H3,(H,25,28). The highest BCUT2D eigenvalue weighted by Gasteiger charge is 2.30. The van der Waals surface area contributed by atoms with Crippen molar-refractivity contribution in [3.8, 4) is 0 Å². The van der Waals surface area contributed by atoms with Gasteiger partial charge in [0, 0.05) is 19.0 Å². The number of hydrogen-bond donors (Lipinski definition) is 1. The Kier molecular flexibility index (Phi) is 4.66. The zero-order chi connectivity index (χ0) is 19.8. The summed E-state index contributed by atoms with van der Waals surface area (Å²) in [5.41, 5.74) is 3.97. The van der Waals surface area contributed by atoms with E-state index >= 15 is 0 Å². The number of fused-ring (bicyclic) bond motifs is 2. The molecule has 1 aliphatic heterocycles. The molecule has 0 bridgehead atoms. The molecule has 1 saturated heterocycles. The lowest BCUT2D eigenvalue weighted by Crippen LogP contribution is -2.42. The summed E-state index contributed by atoms with van der Waals surface area (Å²) < 4.78 is 5.26. The molecule has 1 unspecified atom stereocenters. The Hall–Kier alpha value is -2.96. The number of amides is 1. The third kappa shape index (κ3) is 3.34. The molecule has 1 N–H and O–H groups in total. The average molecular weight is 391 g/mol. The molecule has 150 valence electrons. The Morgan fingerprint density at radius 3 is 2.86 bits per heavy atom. The first-order valence-corrected chi connectivity index (χ1v) is 10.4. The van der Waals surface area contributed by atoms with E-state index in [2.05, 4.69) is 49.6 Å². The summed E-state index contributed by atoms with van der Waals surface area (Å²) in [6.45, 7) is 3.48. The van der Waals surface area contributed by atoms with E-state index in [1.54, 1.807) is 0 Å². The number of nitrogens with zero attached hydrogens (tertiary/aromatic N) is 4. The van der Waals surface area contributed by atoms with Crippen molar-refractivity contribution in [2.24, 2.45) is 5.92 Å². The molecule has 2 aliphatic rings. The first-order chi connectivity index (χ1) is 14.2. The van der Waals surface area contributed by atoms with E-state index in [1.807, 2.05) is 6.92 Å². The summed E-state index contributed by atoms with van der Waals surface area (Å²) in [5, 5.41) is 8.21. The van der Waals surface area contributed by atoms with Crippen molar-refractivity contribution in [2.45, 2.75) is 45.1 Å². The van der Waals surface area contributed by atoms with Gasteiger partial charge in [-0.3, -0.25) is 4.79 Å². The van der Waals surface area contributed by atoms with Gasteiger partial charge in [-0.25, -0.2) is 4.98 Å². The number of nitrogens with one attached hydrogen (secondary N) is 1. The third-order valence-electron chi connectivity index (χ3n) is 6.27. The number of carbonyl (C=O) groups excluding carboxylic acids is 1. The van der Waals surface area contributed by atoms with Gasteiger partial charge in [0.05, 0.1) is 11.7 Å². The van der Waals surface area contributed by atoms with Crippen LogP contribution in [0.5, 0.6) is 0 Å². The summed E-state index contributed by atoms with van der Waals surface area (Å²) in [7, 11) is 0. The SMILES string of the molecule is Cc1noc2ncnc(N3CCC(C(=O)NC4CCCc5ccccc54)CC3)c12. The maximum Gasteiger partial charge on any atom is 0.263 e. The fourth-order valence-corrected chi connectivity index (χ4v) is 4.69. The molecule has 3 aromatic rings. The van der Waals surface area contributed by atoms with Gasteiger partial charge in [0.15, 0.2) is 0 Å². The van der Waals surface area contributed by atoms with Crippen molar-refractivity contribution in [3.05, 3.63) is 47.4 Å². The number of aryl methyl sites for hydroxylation is 2. The van der Waals surface area contributed by atoms with Crippen molar-refractivity contribution in [1.82, 2.24) is 20.4 Å². The molecule has 3 heterocycles. The monoisotopic (exact) mass is 391 g/mol. The summed E-state index contributed by atoms with van der Waals surface area (Å²) in [6, 6.07) is 8.63. The van der Waals surface area contributed by atoms with Crippen molar-refractivity contribution in [3.63, 3.8) is 0 Å². The normalized spacial score (nSPS) is 19.9. The molecule has 1 fully saturated rings. The van der Waals surface area contributed by atoms with Crippen LogP contribution in [-0.2, 0) is 11.2 Å². The van der Waals surface area contributed by atoms with Crippen LogP contribution in [0.3, 0.4) is 0 Å². The maximum absolute atomic E-state index is 13.0. The van der Waals surface area contributed by atoms with Crippen LogP contribution < -0.4 is 10.2 Å². The summed E-state index contributed by atoms with van der Waals surface area (Å²) in [5.74, 6) is 1.08. The molecule has 5 rings (SSSR count). The summed E-state index contributed by atoms with van der Waals surface area (Å²) in [6.07, 6.45) is 6.40. The highest BCUT2D eigenvalue weighted by atomic mass is 16.5. The Labute approximate surface area is 169 Å². The second-order valence-corrected chi connectivity index (χ2v) is 8.06. The Balaban J connectivity index is 1.25. The predicted octanol–water partition coefficient (Wildman–Crippen LogP) is 3.34. The smallest absolute Gasteiger partial charge is 0.263 e. The van der Waals surface area contributed by atoms with Crippen LogP contribution in [0, 0.1) is 12.8 Å². The van der Waals surface area contributed by atoms with Crippen LogP contribution >= 0.6 is 0 Å². The number of piperidine rings is 1. The first-order valence-electron chi connectivity index (χ1n) is 10.4. The first kappa shape index (κ1) is 18.1. The van der Waals surface area contributed by atoms with E-state index < -0.39 is 0 Å². The van der Waals surface area contributed by atoms with Crippen LogP contribution in [-0.4, -0.2) is 34.1 Å². The topological polar surface area (TPSA) is 84.2 Å².